The van der Waals surface area contributed by atoms with Crippen molar-refractivity contribution < 1.29 is 4.79 Å². The number of carbonyl (C=O) groups excluding carboxylic acids is 1. The summed E-state index contributed by atoms with van der Waals surface area (Å²) in [6.45, 7) is 12.4. The summed E-state index contributed by atoms with van der Waals surface area (Å²) in [5.41, 5.74) is 0. The van der Waals surface area contributed by atoms with E-state index in [0.29, 0.717) is 18.2 Å². The summed E-state index contributed by atoms with van der Waals surface area (Å²) < 4.78 is 0. The van der Waals surface area contributed by atoms with Crippen LogP contribution in [0.3, 0.4) is 0 Å². The molecule has 0 spiro atoms. The van der Waals surface area contributed by atoms with Crippen molar-refractivity contribution in [3.63, 3.8) is 0 Å². The smallest absolute Gasteiger partial charge is 0.222 e. The van der Waals surface area contributed by atoms with Gasteiger partial charge in [0.15, 0.2) is 0 Å². The number of aromatic nitrogens is 2. The number of nitrogens with zero attached hydrogens (tertiary/aromatic N) is 5. The molecule has 2 saturated heterocycles. The fourth-order valence-electron chi connectivity index (χ4n) is 4.47. The van der Waals surface area contributed by atoms with Gasteiger partial charge in [-0.1, -0.05) is 20.3 Å². The van der Waals surface area contributed by atoms with E-state index in [0.717, 1.165) is 76.7 Å². The number of nitrogens with one attached hydrogen (secondary N) is 1. The van der Waals surface area contributed by atoms with Crippen LogP contribution in [0, 0.1) is 5.92 Å². The van der Waals surface area contributed by atoms with Crippen LogP contribution in [0.1, 0.15) is 58.8 Å². The quantitative estimate of drug-likeness (QED) is 0.632. The Hall–Kier alpha value is -1.89. The number of unbranched alkanes of at least 4 members (excludes halogenated alkanes) is 1. The second kappa shape index (κ2) is 12.1. The van der Waals surface area contributed by atoms with Gasteiger partial charge in [-0.15, -0.1) is 0 Å². The summed E-state index contributed by atoms with van der Waals surface area (Å²) in [6, 6.07) is 2.06. The number of amides is 1. The standard InChI is InChI=1S/C23H40N6O/c1-3-5-11-27-13-15-28(16-14-27)23(30)9-8-20-7-6-12-29(18-20)22-17-21(24-10-4-2)25-19-26-22/h17,19-20H,3-16,18H2,1-2H3,(H,24,25,26)/t20-/m1/s1. The maximum Gasteiger partial charge on any atom is 0.222 e. The first-order valence-electron chi connectivity index (χ1n) is 12.0. The van der Waals surface area contributed by atoms with E-state index in [-0.39, 0.29) is 0 Å². The maximum absolute atomic E-state index is 12.7. The molecule has 3 rings (SSSR count). The lowest BCUT2D eigenvalue weighted by Gasteiger charge is -2.36. The fraction of sp³-hybridized carbons (Fsp3) is 0.783. The third kappa shape index (κ3) is 6.83. The van der Waals surface area contributed by atoms with Crippen molar-refractivity contribution in [2.45, 2.75) is 58.8 Å². The molecule has 0 aromatic carbocycles. The monoisotopic (exact) mass is 416 g/mol. The predicted molar refractivity (Wildman–Crippen MR) is 123 cm³/mol. The molecule has 1 aromatic rings. The zero-order chi connectivity index (χ0) is 21.2. The van der Waals surface area contributed by atoms with Crippen LogP contribution in [-0.4, -0.2) is 78.0 Å². The Kier molecular flexibility index (Phi) is 9.18. The van der Waals surface area contributed by atoms with Gasteiger partial charge in [0.25, 0.3) is 0 Å². The lowest BCUT2D eigenvalue weighted by molar-refractivity contribution is -0.133. The van der Waals surface area contributed by atoms with E-state index in [1.807, 2.05) is 0 Å². The second-order valence-corrected chi connectivity index (χ2v) is 8.76. The van der Waals surface area contributed by atoms with Crippen molar-refractivity contribution in [1.82, 2.24) is 19.8 Å². The van der Waals surface area contributed by atoms with Gasteiger partial charge in [-0.25, -0.2) is 9.97 Å². The number of rotatable bonds is 10. The van der Waals surface area contributed by atoms with Crippen LogP contribution < -0.4 is 10.2 Å². The minimum Gasteiger partial charge on any atom is -0.370 e. The molecule has 1 atom stereocenters. The Morgan fingerprint density at radius 1 is 1.13 bits per heavy atom. The summed E-state index contributed by atoms with van der Waals surface area (Å²) in [4.78, 5) is 28.5. The molecule has 0 radical (unpaired) electrons. The van der Waals surface area contributed by atoms with Gasteiger partial charge in [0.2, 0.25) is 5.91 Å². The maximum atomic E-state index is 12.7. The highest BCUT2D eigenvalue weighted by atomic mass is 16.2. The molecule has 7 heteroatoms. The van der Waals surface area contributed by atoms with E-state index in [2.05, 4.69) is 49.9 Å². The molecule has 0 bridgehead atoms. The van der Waals surface area contributed by atoms with Crippen LogP contribution in [0.15, 0.2) is 12.4 Å². The molecule has 7 nitrogen and oxygen atoms in total. The lowest BCUT2D eigenvalue weighted by Crippen LogP contribution is -2.49. The summed E-state index contributed by atoms with van der Waals surface area (Å²) in [7, 11) is 0. The van der Waals surface area contributed by atoms with Gasteiger partial charge < -0.3 is 15.1 Å². The van der Waals surface area contributed by atoms with Gasteiger partial charge in [0.1, 0.15) is 18.0 Å². The summed E-state index contributed by atoms with van der Waals surface area (Å²) >= 11 is 0. The lowest BCUT2D eigenvalue weighted by atomic mass is 9.93. The predicted octanol–water partition coefficient (Wildman–Crippen LogP) is 3.24. The number of piperidine rings is 1. The Morgan fingerprint density at radius 2 is 1.97 bits per heavy atom. The average molecular weight is 417 g/mol. The summed E-state index contributed by atoms with van der Waals surface area (Å²) in [5.74, 6) is 2.81. The van der Waals surface area contributed by atoms with E-state index in [1.165, 1.54) is 25.8 Å². The number of hydrogen-bond acceptors (Lipinski definition) is 6. The van der Waals surface area contributed by atoms with Gasteiger partial charge in [0.05, 0.1) is 0 Å². The third-order valence-corrected chi connectivity index (χ3v) is 6.37. The van der Waals surface area contributed by atoms with Crippen LogP contribution in [0.4, 0.5) is 11.6 Å². The van der Waals surface area contributed by atoms with Crippen LogP contribution in [0.5, 0.6) is 0 Å². The minimum absolute atomic E-state index is 0.343. The fourth-order valence-corrected chi connectivity index (χ4v) is 4.47. The SMILES string of the molecule is CCCCN1CCN(C(=O)CC[C@H]2CCCN(c3cc(NCCC)ncn3)C2)CC1. The van der Waals surface area contributed by atoms with Crippen LogP contribution in [0.2, 0.25) is 0 Å². The normalized spacial score (nSPS) is 20.4. The van der Waals surface area contributed by atoms with Crippen molar-refractivity contribution in [3.05, 3.63) is 12.4 Å². The molecule has 1 amide bonds. The van der Waals surface area contributed by atoms with Gasteiger partial charge in [-0.2, -0.15) is 0 Å². The zero-order valence-corrected chi connectivity index (χ0v) is 19.0. The van der Waals surface area contributed by atoms with Crippen LogP contribution >= 0.6 is 0 Å². The molecular formula is C23H40N6O. The van der Waals surface area contributed by atoms with Crippen LogP contribution in [-0.2, 0) is 4.79 Å². The molecule has 168 valence electrons. The number of piperazine rings is 1. The van der Waals surface area contributed by atoms with Crippen molar-refractivity contribution in [2.24, 2.45) is 5.92 Å². The van der Waals surface area contributed by atoms with Gasteiger partial charge >= 0.3 is 0 Å². The zero-order valence-electron chi connectivity index (χ0n) is 19.0. The molecule has 1 N–H and O–H groups in total. The van der Waals surface area contributed by atoms with Crippen molar-refractivity contribution in [3.8, 4) is 0 Å². The van der Waals surface area contributed by atoms with Gasteiger partial charge in [-0.05, 0) is 44.6 Å². The Labute approximate surface area is 182 Å². The third-order valence-electron chi connectivity index (χ3n) is 6.37. The first-order valence-corrected chi connectivity index (χ1v) is 12.0. The molecule has 0 unspecified atom stereocenters. The van der Waals surface area contributed by atoms with Crippen LogP contribution in [0.25, 0.3) is 0 Å². The van der Waals surface area contributed by atoms with E-state index in [4.69, 9.17) is 0 Å². The summed E-state index contributed by atoms with van der Waals surface area (Å²) in [6.07, 6.45) is 9.26. The van der Waals surface area contributed by atoms with Crippen molar-refractivity contribution >= 4 is 17.5 Å². The highest BCUT2D eigenvalue weighted by Gasteiger charge is 2.24. The Bertz CT molecular complexity index is 646. The average Bonchev–Trinajstić information content (AvgIpc) is 2.80. The number of carbonyl (C=O) groups is 1. The van der Waals surface area contributed by atoms with E-state index in [1.54, 1.807) is 6.33 Å². The van der Waals surface area contributed by atoms with Crippen molar-refractivity contribution in [1.29, 1.82) is 0 Å². The first-order chi connectivity index (χ1) is 14.7. The molecule has 30 heavy (non-hydrogen) atoms. The molecule has 2 aliphatic heterocycles. The number of anilines is 2. The van der Waals surface area contributed by atoms with E-state index in [9.17, 15) is 4.79 Å². The largest absolute Gasteiger partial charge is 0.370 e. The number of hydrogen-bond donors (Lipinski definition) is 1. The minimum atomic E-state index is 0.343. The molecule has 2 fully saturated rings. The molecule has 1 aromatic heterocycles. The summed E-state index contributed by atoms with van der Waals surface area (Å²) in [5, 5.41) is 3.34. The molecular weight excluding hydrogens is 376 g/mol. The van der Waals surface area contributed by atoms with Gasteiger partial charge in [-0.3, -0.25) is 9.69 Å². The Morgan fingerprint density at radius 3 is 2.73 bits per heavy atom. The van der Waals surface area contributed by atoms with Crippen molar-refractivity contribution in [2.75, 3.05) is 62.6 Å². The second-order valence-electron chi connectivity index (χ2n) is 8.76. The van der Waals surface area contributed by atoms with E-state index >= 15 is 0 Å². The first kappa shape index (κ1) is 22.8. The topological polar surface area (TPSA) is 64.6 Å². The molecule has 0 aliphatic carbocycles. The van der Waals surface area contributed by atoms with E-state index < -0.39 is 0 Å². The molecule has 3 heterocycles. The Balaban J connectivity index is 1.42. The highest BCUT2D eigenvalue weighted by Crippen LogP contribution is 2.26. The van der Waals surface area contributed by atoms with Gasteiger partial charge in [0, 0.05) is 58.3 Å². The highest BCUT2D eigenvalue weighted by molar-refractivity contribution is 5.76. The molecule has 2 aliphatic rings. The molecule has 0 saturated carbocycles.